The summed E-state index contributed by atoms with van der Waals surface area (Å²) in [6.07, 6.45) is 34.0. The first-order chi connectivity index (χ1) is 50.7. The third kappa shape index (κ3) is 38.0. The van der Waals surface area contributed by atoms with Crippen LogP contribution < -0.4 is 33.2 Å². The minimum absolute atomic E-state index is 0. The van der Waals surface area contributed by atoms with Crippen LogP contribution in [0.3, 0.4) is 0 Å². The number of piperidine rings is 1. The van der Waals surface area contributed by atoms with Crippen LogP contribution in [-0.4, -0.2) is 91.2 Å². The number of hydrogen-bond acceptors (Lipinski definition) is 30. The minimum Gasteiger partial charge on any atom is -0.375 e. The molecule has 1 aromatic carbocycles. The molecule has 2 aliphatic carbocycles. The molecule has 1 saturated heterocycles. The molecule has 11 heterocycles. The maximum absolute atomic E-state index is 10.5. The third-order valence-corrected chi connectivity index (χ3v) is 25.4. The van der Waals surface area contributed by atoms with Gasteiger partial charge in [-0.1, -0.05) is 114 Å². The van der Waals surface area contributed by atoms with Crippen molar-refractivity contribution in [2.24, 2.45) is 5.73 Å². The Morgan fingerprint density at radius 2 is 0.943 bits per heavy atom. The van der Waals surface area contributed by atoms with Crippen molar-refractivity contribution in [3.63, 3.8) is 0 Å². The number of nitrogens with zero attached hydrogens (tertiary/aromatic N) is 12. The molecule has 0 bridgehead atoms. The summed E-state index contributed by atoms with van der Waals surface area (Å²) in [6, 6.07) is 36.4. The van der Waals surface area contributed by atoms with Crippen molar-refractivity contribution < 1.29 is 9.72 Å². The molecule has 2 saturated carbocycles. The van der Waals surface area contributed by atoms with Crippen molar-refractivity contribution in [1.82, 2.24) is 55.2 Å². The molecule has 0 amide bonds. The predicted molar refractivity (Wildman–Crippen MR) is 449 cm³/mol. The zero-order valence-electron chi connectivity index (χ0n) is 56.9. The summed E-state index contributed by atoms with van der Waals surface area (Å²) in [5.41, 5.74) is 22.0. The Labute approximate surface area is 678 Å². The number of pyridine rings is 5. The smallest absolute Gasteiger partial charge is 0.269 e. The number of nitrogens with one attached hydrogen (secondary N) is 3. The molecule has 0 spiro atoms. The number of hydrogen-bond donors (Lipinski definition) is 6. The van der Waals surface area contributed by atoms with Crippen molar-refractivity contribution in [2.45, 2.75) is 145 Å². The number of carbonyl (C=O) groups is 1. The Balaban J connectivity index is 0.000000192. The van der Waals surface area contributed by atoms with E-state index in [9.17, 15) is 14.9 Å². The number of non-ortho nitro benzene ring substituents is 1. The van der Waals surface area contributed by atoms with Gasteiger partial charge in [-0.25, -0.2) is 24.9 Å². The van der Waals surface area contributed by atoms with Crippen molar-refractivity contribution in [1.29, 1.82) is 5.26 Å². The summed E-state index contributed by atoms with van der Waals surface area (Å²) in [7, 11) is 0. The molecule has 14 rings (SSSR count). The van der Waals surface area contributed by atoms with Crippen molar-refractivity contribution in [3.8, 4) is 5.40 Å². The molecule has 10 aromatic heterocycles. The Morgan fingerprint density at radius 3 is 1.29 bits per heavy atom. The van der Waals surface area contributed by atoms with Gasteiger partial charge >= 0.3 is 0 Å². The van der Waals surface area contributed by atoms with Crippen molar-refractivity contribution in [2.75, 3.05) is 35.2 Å². The van der Waals surface area contributed by atoms with Crippen LogP contribution in [0.4, 0.5) is 26.2 Å². The highest BCUT2D eigenvalue weighted by atomic mass is 79.9. The van der Waals surface area contributed by atoms with Crippen LogP contribution in [0.5, 0.6) is 0 Å². The van der Waals surface area contributed by atoms with E-state index in [4.69, 9.17) is 45.7 Å². The standard InChI is InChI=1S/C15H19N3S2.C14H18N4S2.C9H7BrN2S2.C9H9N3S2.C7H4ClNO3.C6H6ClN.C6H13N.C4H3N3S2.ClH/c1-2-6-12(7-3-1)18-15-17-10-14(20-15)19-11-13-8-4-5-9-16-13;1-2-7-16-12(4-1)10-19-13-9-17-14(20-13)18-11-5-3-6-15-8-11;2*10-9-12-5-8(14-9)13-6-7-3-1-2-4-11-7;8-7(10)5-1-3-6(4-2-5)9(11)12;7-5-6-3-1-2-4-8-6;7-6-4-2-1-3-5-6;5-2-8-3-1-7-4(6)9-3;/h4-5,8-10,12H,1-3,6-7,11H2,(H,17,18);1-2,4,7,9,11,15H,3,5-6,8,10H2,(H,17,18);1-5H,6H2;1-5H,6H2,(H2,10,12);1-4H;1-4H,5H2;6H,1-5,7H2;1H,(H2,6,7);1H/t;11-;;;;;;;/m.1......./s1. The Morgan fingerprint density at radius 1 is 0.543 bits per heavy atom. The summed E-state index contributed by atoms with van der Waals surface area (Å²) in [5, 5.41) is 33.4. The van der Waals surface area contributed by atoms with E-state index < -0.39 is 10.2 Å². The average molecular weight is 1730 g/mol. The van der Waals surface area contributed by atoms with Gasteiger partial charge in [0.05, 0.1) is 91.3 Å². The van der Waals surface area contributed by atoms with Gasteiger partial charge in [0.15, 0.2) is 24.4 Å². The van der Waals surface area contributed by atoms with Crippen LogP contribution in [0.1, 0.15) is 116 Å². The fourth-order valence-electron chi connectivity index (χ4n) is 9.21. The zero-order valence-corrected chi connectivity index (χ0v) is 68.9. The number of thioether (sulfide) groups is 5. The Hall–Kier alpha value is -6.10. The van der Waals surface area contributed by atoms with Crippen LogP contribution in [-0.2, 0) is 28.9 Å². The summed E-state index contributed by atoms with van der Waals surface area (Å²) >= 11 is 30.0. The lowest BCUT2D eigenvalue weighted by Crippen LogP contribution is -2.38. The van der Waals surface area contributed by atoms with E-state index in [0.29, 0.717) is 34.3 Å². The van der Waals surface area contributed by atoms with E-state index >= 15 is 0 Å². The minimum atomic E-state index is -0.620. The van der Waals surface area contributed by atoms with Gasteiger partial charge in [0, 0.05) is 108 Å². The van der Waals surface area contributed by atoms with E-state index in [1.165, 1.54) is 137 Å². The number of halogens is 4. The lowest BCUT2D eigenvalue weighted by atomic mass is 9.96. The second-order valence-corrected chi connectivity index (χ2v) is 35.5. The molecule has 1 atom stereocenters. The third-order valence-electron chi connectivity index (χ3n) is 14.3. The number of alkyl halides is 1. The van der Waals surface area contributed by atoms with E-state index in [1.54, 1.807) is 94.1 Å². The lowest BCUT2D eigenvalue weighted by Gasteiger charge is -2.23. The van der Waals surface area contributed by atoms with E-state index in [-0.39, 0.29) is 23.7 Å². The van der Waals surface area contributed by atoms with Crippen LogP contribution in [0.25, 0.3) is 0 Å². The normalized spacial score (nSPS) is 13.6. The predicted octanol–water partition coefficient (Wildman–Crippen LogP) is 20.4. The summed E-state index contributed by atoms with van der Waals surface area (Å²) in [6.45, 7) is 2.18. The second-order valence-electron chi connectivity index (χ2n) is 22.2. The number of anilines is 4. The Bertz CT molecular complexity index is 3930. The van der Waals surface area contributed by atoms with Crippen LogP contribution >= 0.6 is 167 Å². The highest BCUT2D eigenvalue weighted by Gasteiger charge is 2.17. The molecular formula is C70H80BrCl3N18O3S10. The highest BCUT2D eigenvalue weighted by Crippen LogP contribution is 2.35. The molecule has 3 fully saturated rings. The van der Waals surface area contributed by atoms with Crippen LogP contribution in [0.15, 0.2) is 202 Å². The number of rotatable bonds is 20. The topological polar surface area (TPSA) is 327 Å². The largest absolute Gasteiger partial charge is 0.375 e. The second kappa shape index (κ2) is 52.8. The molecule has 1 aliphatic heterocycles. The van der Waals surface area contributed by atoms with Crippen LogP contribution in [0.2, 0.25) is 0 Å². The molecular weight excluding hydrogens is 1650 g/mol. The number of thiocyanates is 1. The van der Waals surface area contributed by atoms with Crippen molar-refractivity contribution >= 4 is 198 Å². The summed E-state index contributed by atoms with van der Waals surface area (Å²) < 4.78 is 6.61. The SMILES string of the molecule is Brc1ncc(SCc2ccccn2)s1.Cl.ClCc1ccccn1.N#CSc1cnc(N)s1.NC1CCCCC1.Nc1ncc(SCc2ccccn2)s1.O=C(Cl)c1ccc([N+](=O)[O-])cc1.c1ccc(CSc2cnc(NC3CCCCC3)s2)nc1.c1ccc(CSc2cnc(N[C@@H]3CCCNC3)s2)nc1. The molecule has 35 heteroatoms. The number of nitro groups is 1. The van der Waals surface area contributed by atoms with Gasteiger partial charge in [0.1, 0.15) is 5.40 Å². The molecule has 105 heavy (non-hydrogen) atoms. The monoisotopic (exact) mass is 1720 g/mol. The molecule has 3 aliphatic rings. The number of carbonyl (C=O) groups excluding carboxylic acids is 1. The van der Waals surface area contributed by atoms with Crippen LogP contribution in [0, 0.1) is 20.8 Å². The lowest BCUT2D eigenvalue weighted by molar-refractivity contribution is -0.384. The van der Waals surface area contributed by atoms with Gasteiger partial charge in [-0.15, -0.1) is 82.4 Å². The number of benzene rings is 1. The average Bonchev–Trinajstić information content (AvgIpc) is 1.70. The van der Waals surface area contributed by atoms with Gasteiger partial charge in [-0.05, 0) is 145 Å². The number of nitriles is 1. The number of nitro benzene ring substituents is 1. The summed E-state index contributed by atoms with van der Waals surface area (Å²) in [5.74, 6) is 4.07. The molecule has 0 unspecified atom stereocenters. The van der Waals surface area contributed by atoms with Gasteiger partial charge in [-0.3, -0.25) is 39.8 Å². The van der Waals surface area contributed by atoms with Gasteiger partial charge in [0.2, 0.25) is 0 Å². The molecule has 556 valence electrons. The maximum Gasteiger partial charge on any atom is 0.269 e. The first-order valence-corrected chi connectivity index (χ1v) is 43.3. The quantitative estimate of drug-likeness (QED) is 0.0103. The number of aromatic nitrogens is 10. The molecule has 21 nitrogen and oxygen atoms in total. The van der Waals surface area contributed by atoms with Gasteiger partial charge < -0.3 is 33.2 Å². The molecule has 11 aromatic rings. The number of nitrogen functional groups attached to an aromatic ring is 2. The molecule has 0 radical (unpaired) electrons. The Kier molecular flexibility index (Phi) is 44.2. The zero-order chi connectivity index (χ0) is 73.6. The fourth-order valence-corrected chi connectivity index (χ4v) is 18.6. The first-order valence-electron chi connectivity index (χ1n) is 32.8. The molecule has 9 N–H and O–H groups in total. The van der Waals surface area contributed by atoms with Gasteiger partial charge in [0.25, 0.3) is 10.9 Å². The van der Waals surface area contributed by atoms with Gasteiger partial charge in [-0.2, -0.15) is 5.26 Å². The number of nitrogens with two attached hydrogens (primary N) is 3. The van der Waals surface area contributed by atoms with Crippen molar-refractivity contribution in [3.05, 3.63) is 225 Å². The summed E-state index contributed by atoms with van der Waals surface area (Å²) in [4.78, 5) is 62.1. The van der Waals surface area contributed by atoms with E-state index in [2.05, 4.69) is 93.9 Å². The van der Waals surface area contributed by atoms with E-state index in [1.807, 2.05) is 133 Å². The number of thiazole rings is 5. The van der Waals surface area contributed by atoms with E-state index in [0.717, 1.165) is 98.9 Å². The fraction of sp³-hybridized carbons (Fsp3) is 0.314. The maximum atomic E-state index is 10.5. The first kappa shape index (κ1) is 87.8. The highest BCUT2D eigenvalue weighted by molar-refractivity contribution is 9.11.